The van der Waals surface area contributed by atoms with Crippen LogP contribution in [0, 0.1) is 13.8 Å². The van der Waals surface area contributed by atoms with Gasteiger partial charge in [0, 0.05) is 30.1 Å². The van der Waals surface area contributed by atoms with Crippen molar-refractivity contribution in [3.63, 3.8) is 0 Å². The molecule has 1 aromatic heterocycles. The van der Waals surface area contributed by atoms with E-state index in [0.717, 1.165) is 66.0 Å². The molecule has 5 nitrogen and oxygen atoms in total. The summed E-state index contributed by atoms with van der Waals surface area (Å²) in [6.07, 6.45) is 7.16. The normalized spacial score (nSPS) is 19.7. The monoisotopic (exact) mass is 413 g/mol. The van der Waals surface area contributed by atoms with Gasteiger partial charge in [0.05, 0.1) is 18.2 Å². The number of fused-ring (bicyclic) bond motifs is 1. The predicted octanol–water partition coefficient (Wildman–Crippen LogP) is 3.94. The topological polar surface area (TPSA) is 57.4 Å². The van der Waals surface area contributed by atoms with Crippen LogP contribution in [0.15, 0.2) is 23.0 Å². The molecule has 4 rings (SSSR count). The second kappa shape index (κ2) is 8.84. The second-order valence-corrected chi connectivity index (χ2v) is 8.89. The van der Waals surface area contributed by atoms with Crippen molar-refractivity contribution in [1.29, 1.82) is 0 Å². The number of nitrogens with one attached hydrogen (secondary N) is 2. The Hall–Kier alpha value is -1.92. The quantitative estimate of drug-likeness (QED) is 0.727. The van der Waals surface area contributed by atoms with Crippen LogP contribution in [0.2, 0.25) is 0 Å². The maximum absolute atomic E-state index is 12.9. The van der Waals surface area contributed by atoms with Crippen molar-refractivity contribution in [2.75, 3.05) is 13.2 Å². The molecule has 1 atom stereocenters. The summed E-state index contributed by atoms with van der Waals surface area (Å²) in [6.45, 7) is 6.25. The minimum absolute atomic E-state index is 0.0175. The molecule has 1 aliphatic heterocycles. The molecule has 0 spiro atoms. The Labute approximate surface area is 177 Å². The fourth-order valence-corrected chi connectivity index (χ4v) is 4.91. The molecule has 2 heterocycles. The Kier molecular flexibility index (Phi) is 6.20. The molecule has 0 radical (unpaired) electrons. The molecule has 1 aliphatic carbocycles. The van der Waals surface area contributed by atoms with Crippen molar-refractivity contribution >= 4 is 28.2 Å². The van der Waals surface area contributed by atoms with Gasteiger partial charge in [0.2, 0.25) is 0 Å². The lowest BCUT2D eigenvalue weighted by Crippen LogP contribution is -2.47. The third-order valence-electron chi connectivity index (χ3n) is 6.39. The molecule has 0 amide bonds. The first-order valence-electron chi connectivity index (χ1n) is 10.8. The van der Waals surface area contributed by atoms with Gasteiger partial charge < -0.3 is 19.9 Å². The molecular formula is C23H31N3O2S. The maximum Gasteiger partial charge on any atom is 0.253 e. The van der Waals surface area contributed by atoms with Crippen LogP contribution < -0.4 is 10.9 Å². The number of benzene rings is 1. The molecule has 2 aliphatic rings. The van der Waals surface area contributed by atoms with E-state index in [1.807, 2.05) is 6.92 Å². The van der Waals surface area contributed by atoms with Gasteiger partial charge in [0.25, 0.3) is 5.56 Å². The third-order valence-corrected chi connectivity index (χ3v) is 6.77. The van der Waals surface area contributed by atoms with Crippen LogP contribution in [0.1, 0.15) is 55.2 Å². The van der Waals surface area contributed by atoms with Crippen LogP contribution in [-0.2, 0) is 11.3 Å². The van der Waals surface area contributed by atoms with E-state index in [4.69, 9.17) is 17.0 Å². The molecule has 2 N–H and O–H groups in total. The first-order chi connectivity index (χ1) is 14.0. The van der Waals surface area contributed by atoms with Gasteiger partial charge in [-0.15, -0.1) is 0 Å². The predicted molar refractivity (Wildman–Crippen MR) is 121 cm³/mol. The van der Waals surface area contributed by atoms with Gasteiger partial charge in [-0.2, -0.15) is 0 Å². The molecule has 29 heavy (non-hydrogen) atoms. The van der Waals surface area contributed by atoms with E-state index < -0.39 is 0 Å². The molecular weight excluding hydrogens is 382 g/mol. The highest BCUT2D eigenvalue weighted by Crippen LogP contribution is 2.26. The van der Waals surface area contributed by atoms with E-state index >= 15 is 0 Å². The van der Waals surface area contributed by atoms with Gasteiger partial charge in [-0.1, -0.05) is 25.0 Å². The minimum atomic E-state index is -0.0175. The van der Waals surface area contributed by atoms with Gasteiger partial charge in [-0.05, 0) is 68.9 Å². The standard InChI is InChI=1S/C23H31N3O2S/c1-15-9-10-16(2)21-20(15)12-17(22(27)25-21)14-26(18-6-3-4-7-18)23(29)24-13-19-8-5-11-28-19/h9-10,12,18-19H,3-8,11,13-14H2,1-2H3,(H,24,29)(H,25,27)/t19-/m0/s1. The highest BCUT2D eigenvalue weighted by atomic mass is 32.1. The van der Waals surface area contributed by atoms with Crippen molar-refractivity contribution in [1.82, 2.24) is 15.2 Å². The highest BCUT2D eigenvalue weighted by Gasteiger charge is 2.26. The lowest BCUT2D eigenvalue weighted by molar-refractivity contribution is 0.113. The number of aromatic nitrogens is 1. The molecule has 2 fully saturated rings. The number of hydrogen-bond donors (Lipinski definition) is 2. The zero-order chi connectivity index (χ0) is 20.4. The van der Waals surface area contributed by atoms with E-state index in [-0.39, 0.29) is 11.7 Å². The lowest BCUT2D eigenvalue weighted by atomic mass is 10.0. The Morgan fingerprint density at radius 1 is 1.21 bits per heavy atom. The van der Waals surface area contributed by atoms with E-state index in [9.17, 15) is 4.79 Å². The molecule has 6 heteroatoms. The summed E-state index contributed by atoms with van der Waals surface area (Å²) in [5.41, 5.74) is 3.96. The largest absolute Gasteiger partial charge is 0.376 e. The summed E-state index contributed by atoms with van der Waals surface area (Å²) >= 11 is 5.78. The highest BCUT2D eigenvalue weighted by molar-refractivity contribution is 7.80. The van der Waals surface area contributed by atoms with Crippen LogP contribution in [0.25, 0.3) is 10.9 Å². The van der Waals surface area contributed by atoms with Gasteiger partial charge in [0.1, 0.15) is 0 Å². The average Bonchev–Trinajstić information content (AvgIpc) is 3.42. The number of nitrogens with zero attached hydrogens (tertiary/aromatic N) is 1. The summed E-state index contributed by atoms with van der Waals surface area (Å²) in [6, 6.07) is 6.62. The number of aryl methyl sites for hydroxylation is 2. The van der Waals surface area contributed by atoms with E-state index in [2.05, 4.69) is 40.3 Å². The molecule has 2 aromatic rings. The summed E-state index contributed by atoms with van der Waals surface area (Å²) in [4.78, 5) is 18.2. The zero-order valence-corrected chi connectivity index (χ0v) is 18.2. The fraction of sp³-hybridized carbons (Fsp3) is 0.565. The van der Waals surface area contributed by atoms with E-state index in [1.165, 1.54) is 18.4 Å². The van der Waals surface area contributed by atoms with Gasteiger partial charge in [-0.3, -0.25) is 4.79 Å². The first-order valence-corrected chi connectivity index (χ1v) is 11.2. The van der Waals surface area contributed by atoms with Crippen molar-refractivity contribution in [2.24, 2.45) is 0 Å². The number of hydrogen-bond acceptors (Lipinski definition) is 3. The smallest absolute Gasteiger partial charge is 0.253 e. The Balaban J connectivity index is 1.58. The summed E-state index contributed by atoms with van der Waals surface area (Å²) in [5.74, 6) is 0. The van der Waals surface area contributed by atoms with Crippen LogP contribution in [0.4, 0.5) is 0 Å². The van der Waals surface area contributed by atoms with Crippen molar-refractivity contribution in [3.8, 4) is 0 Å². The first kappa shape index (κ1) is 20.4. The number of aromatic amines is 1. The lowest BCUT2D eigenvalue weighted by Gasteiger charge is -2.32. The molecule has 156 valence electrons. The number of ether oxygens (including phenoxy) is 1. The maximum atomic E-state index is 12.9. The summed E-state index contributed by atoms with van der Waals surface area (Å²) < 4.78 is 5.72. The fourth-order valence-electron chi connectivity index (χ4n) is 4.61. The number of thiocarbonyl (C=S) groups is 1. The Morgan fingerprint density at radius 3 is 2.69 bits per heavy atom. The number of H-pyrrole nitrogens is 1. The molecule has 1 saturated carbocycles. The van der Waals surface area contributed by atoms with E-state index in [0.29, 0.717) is 12.6 Å². The van der Waals surface area contributed by atoms with Crippen LogP contribution in [0.3, 0.4) is 0 Å². The van der Waals surface area contributed by atoms with E-state index in [1.54, 1.807) is 0 Å². The molecule has 0 unspecified atom stereocenters. The Morgan fingerprint density at radius 2 is 1.97 bits per heavy atom. The average molecular weight is 414 g/mol. The van der Waals surface area contributed by atoms with Gasteiger partial charge in [0.15, 0.2) is 5.11 Å². The molecule has 0 bridgehead atoms. The third kappa shape index (κ3) is 4.48. The summed E-state index contributed by atoms with van der Waals surface area (Å²) in [5, 5.41) is 5.28. The number of pyridine rings is 1. The molecule has 1 saturated heterocycles. The van der Waals surface area contributed by atoms with Gasteiger partial charge >= 0.3 is 0 Å². The van der Waals surface area contributed by atoms with Crippen molar-refractivity contribution < 1.29 is 4.74 Å². The minimum Gasteiger partial charge on any atom is -0.376 e. The van der Waals surface area contributed by atoms with Crippen molar-refractivity contribution in [3.05, 3.63) is 45.2 Å². The summed E-state index contributed by atoms with van der Waals surface area (Å²) in [7, 11) is 0. The SMILES string of the molecule is Cc1ccc(C)c2[nH]c(=O)c(CN(C(=S)NC[C@@H]3CCCO3)C3CCCC3)cc12. The van der Waals surface area contributed by atoms with Crippen LogP contribution in [-0.4, -0.2) is 40.3 Å². The zero-order valence-electron chi connectivity index (χ0n) is 17.4. The van der Waals surface area contributed by atoms with Gasteiger partial charge in [-0.25, -0.2) is 0 Å². The van der Waals surface area contributed by atoms with Crippen LogP contribution in [0.5, 0.6) is 0 Å². The van der Waals surface area contributed by atoms with Crippen LogP contribution >= 0.6 is 12.2 Å². The van der Waals surface area contributed by atoms with Crippen molar-refractivity contribution in [2.45, 2.75) is 71.1 Å². The Bertz CT molecular complexity index is 943. The molecule has 1 aromatic carbocycles. The number of rotatable bonds is 5. The second-order valence-electron chi connectivity index (χ2n) is 8.50.